The lowest BCUT2D eigenvalue weighted by Gasteiger charge is -2.20. The fourth-order valence-electron chi connectivity index (χ4n) is 1.95. The molecule has 0 saturated heterocycles. The van der Waals surface area contributed by atoms with E-state index in [2.05, 4.69) is 9.97 Å². The first-order chi connectivity index (χ1) is 9.26. The molecule has 0 aliphatic rings. The molecule has 0 spiro atoms. The highest BCUT2D eigenvalue weighted by atomic mass is 19.1. The molecule has 1 heterocycles. The molecule has 0 aliphatic heterocycles. The molecule has 0 radical (unpaired) electrons. The second-order valence-electron chi connectivity index (χ2n) is 4.22. The highest BCUT2D eigenvalue weighted by molar-refractivity contribution is 5.61. The van der Waals surface area contributed by atoms with E-state index in [0.717, 1.165) is 16.7 Å². The van der Waals surface area contributed by atoms with Gasteiger partial charge in [-0.15, -0.1) is 0 Å². The monoisotopic (exact) mass is 261 g/mol. The summed E-state index contributed by atoms with van der Waals surface area (Å²) in [6, 6.07) is 6.95. The Labute approximate surface area is 111 Å². The first-order valence-corrected chi connectivity index (χ1v) is 5.96. The van der Waals surface area contributed by atoms with E-state index in [0.29, 0.717) is 0 Å². The lowest BCUT2D eigenvalue weighted by Crippen LogP contribution is -2.31. The maximum absolute atomic E-state index is 12.6. The van der Waals surface area contributed by atoms with Crippen molar-refractivity contribution in [2.45, 2.75) is 12.1 Å². The SMILES string of the molecule is COC(c1ccc(-c2cncnc2)cc1)C(N)CF. The van der Waals surface area contributed by atoms with Crippen LogP contribution in [0.4, 0.5) is 4.39 Å². The molecule has 0 bridgehead atoms. The minimum atomic E-state index is -0.657. The fraction of sp³-hybridized carbons (Fsp3) is 0.286. The van der Waals surface area contributed by atoms with Gasteiger partial charge in [0.1, 0.15) is 13.0 Å². The summed E-state index contributed by atoms with van der Waals surface area (Å²) >= 11 is 0. The van der Waals surface area contributed by atoms with Gasteiger partial charge in [0.2, 0.25) is 0 Å². The smallest absolute Gasteiger partial charge is 0.115 e. The average molecular weight is 261 g/mol. The molecular weight excluding hydrogens is 245 g/mol. The zero-order chi connectivity index (χ0) is 13.7. The van der Waals surface area contributed by atoms with E-state index >= 15 is 0 Å². The van der Waals surface area contributed by atoms with Crippen LogP contribution >= 0.6 is 0 Å². The van der Waals surface area contributed by atoms with Gasteiger partial charge in [0.05, 0.1) is 12.1 Å². The van der Waals surface area contributed by atoms with E-state index in [9.17, 15) is 4.39 Å². The highest BCUT2D eigenvalue weighted by Crippen LogP contribution is 2.24. The molecule has 100 valence electrons. The van der Waals surface area contributed by atoms with Crippen molar-refractivity contribution < 1.29 is 9.13 Å². The second-order valence-corrected chi connectivity index (χ2v) is 4.22. The van der Waals surface area contributed by atoms with Crippen LogP contribution in [0.15, 0.2) is 43.0 Å². The maximum atomic E-state index is 12.6. The first kappa shape index (κ1) is 13.6. The number of rotatable bonds is 5. The first-order valence-electron chi connectivity index (χ1n) is 5.96. The molecular formula is C14H16FN3O. The molecule has 1 aromatic heterocycles. The van der Waals surface area contributed by atoms with E-state index in [1.165, 1.54) is 13.4 Å². The third-order valence-electron chi connectivity index (χ3n) is 2.95. The van der Waals surface area contributed by atoms with Crippen LogP contribution < -0.4 is 5.73 Å². The lowest BCUT2D eigenvalue weighted by atomic mass is 10.0. The highest BCUT2D eigenvalue weighted by Gasteiger charge is 2.19. The van der Waals surface area contributed by atoms with E-state index in [4.69, 9.17) is 10.5 Å². The molecule has 19 heavy (non-hydrogen) atoms. The Kier molecular flexibility index (Phi) is 4.54. The van der Waals surface area contributed by atoms with Crippen LogP contribution in [-0.4, -0.2) is 29.8 Å². The Hall–Kier alpha value is -1.85. The van der Waals surface area contributed by atoms with Gasteiger partial charge in [-0.1, -0.05) is 24.3 Å². The van der Waals surface area contributed by atoms with Crippen molar-refractivity contribution in [2.24, 2.45) is 5.73 Å². The van der Waals surface area contributed by atoms with Crippen LogP contribution in [0.5, 0.6) is 0 Å². The van der Waals surface area contributed by atoms with Gasteiger partial charge < -0.3 is 10.5 Å². The molecule has 2 aromatic rings. The number of nitrogens with zero attached hydrogens (tertiary/aromatic N) is 2. The number of ether oxygens (including phenoxy) is 1. The molecule has 2 rings (SSSR count). The molecule has 1 aromatic carbocycles. The van der Waals surface area contributed by atoms with Crippen molar-refractivity contribution in [3.8, 4) is 11.1 Å². The Morgan fingerprint density at radius 3 is 2.32 bits per heavy atom. The Morgan fingerprint density at radius 2 is 1.79 bits per heavy atom. The van der Waals surface area contributed by atoms with Gasteiger partial charge in [0.25, 0.3) is 0 Å². The summed E-state index contributed by atoms with van der Waals surface area (Å²) in [7, 11) is 1.53. The predicted octanol–water partition coefficient (Wildman–Crippen LogP) is 2.13. The maximum Gasteiger partial charge on any atom is 0.115 e. The minimum Gasteiger partial charge on any atom is -0.375 e. The Balaban J connectivity index is 2.23. The van der Waals surface area contributed by atoms with Crippen LogP contribution in [0.3, 0.4) is 0 Å². The van der Waals surface area contributed by atoms with Crippen LogP contribution in [0, 0.1) is 0 Å². The van der Waals surface area contributed by atoms with Gasteiger partial charge in [0, 0.05) is 25.1 Å². The van der Waals surface area contributed by atoms with Gasteiger partial charge in [-0.25, -0.2) is 14.4 Å². The molecule has 2 atom stereocenters. The van der Waals surface area contributed by atoms with Gasteiger partial charge in [0.15, 0.2) is 0 Å². The van der Waals surface area contributed by atoms with Gasteiger partial charge in [-0.3, -0.25) is 0 Å². The Bertz CT molecular complexity index is 504. The average Bonchev–Trinajstić information content (AvgIpc) is 2.49. The summed E-state index contributed by atoms with van der Waals surface area (Å²) in [5, 5.41) is 0. The van der Waals surface area contributed by atoms with E-state index < -0.39 is 18.8 Å². The molecule has 5 heteroatoms. The lowest BCUT2D eigenvalue weighted by molar-refractivity contribution is 0.0721. The largest absolute Gasteiger partial charge is 0.375 e. The number of alkyl halides is 1. The number of methoxy groups -OCH3 is 1. The quantitative estimate of drug-likeness (QED) is 0.895. The van der Waals surface area contributed by atoms with Crippen LogP contribution in [-0.2, 0) is 4.74 Å². The molecule has 0 fully saturated rings. The van der Waals surface area contributed by atoms with Crippen LogP contribution in [0.25, 0.3) is 11.1 Å². The van der Waals surface area contributed by atoms with Crippen LogP contribution in [0.2, 0.25) is 0 Å². The molecule has 4 nitrogen and oxygen atoms in total. The number of benzene rings is 1. The van der Waals surface area contributed by atoms with Crippen LogP contribution in [0.1, 0.15) is 11.7 Å². The molecule has 2 N–H and O–H groups in total. The van der Waals surface area contributed by atoms with Crippen molar-refractivity contribution in [1.29, 1.82) is 0 Å². The van der Waals surface area contributed by atoms with Crippen molar-refractivity contribution in [1.82, 2.24) is 9.97 Å². The standard InChI is InChI=1S/C14H16FN3O/c1-19-14(13(16)6-15)11-4-2-10(3-5-11)12-7-17-9-18-8-12/h2-5,7-9,13-14H,6,16H2,1H3. The summed E-state index contributed by atoms with van der Waals surface area (Å²) in [5.41, 5.74) is 8.47. The summed E-state index contributed by atoms with van der Waals surface area (Å²) < 4.78 is 17.9. The topological polar surface area (TPSA) is 61.0 Å². The molecule has 2 unspecified atom stereocenters. The number of aromatic nitrogens is 2. The fourth-order valence-corrected chi connectivity index (χ4v) is 1.95. The van der Waals surface area contributed by atoms with Gasteiger partial charge in [-0.2, -0.15) is 0 Å². The number of hydrogen-bond donors (Lipinski definition) is 1. The third kappa shape index (κ3) is 3.13. The Morgan fingerprint density at radius 1 is 1.16 bits per heavy atom. The van der Waals surface area contributed by atoms with Gasteiger partial charge >= 0.3 is 0 Å². The number of halogens is 1. The van der Waals surface area contributed by atoms with E-state index in [1.54, 1.807) is 12.4 Å². The molecule has 0 amide bonds. The summed E-state index contributed by atoms with van der Waals surface area (Å²) in [6.07, 6.45) is 4.52. The summed E-state index contributed by atoms with van der Waals surface area (Å²) in [6.45, 7) is -0.618. The summed E-state index contributed by atoms with van der Waals surface area (Å²) in [5.74, 6) is 0. The van der Waals surface area contributed by atoms with E-state index in [-0.39, 0.29) is 0 Å². The second kappa shape index (κ2) is 6.36. The van der Waals surface area contributed by atoms with Crippen molar-refractivity contribution in [3.05, 3.63) is 48.5 Å². The summed E-state index contributed by atoms with van der Waals surface area (Å²) in [4.78, 5) is 7.94. The number of nitrogens with two attached hydrogens (primary N) is 1. The molecule has 0 saturated carbocycles. The zero-order valence-electron chi connectivity index (χ0n) is 10.7. The van der Waals surface area contributed by atoms with E-state index in [1.807, 2.05) is 24.3 Å². The van der Waals surface area contributed by atoms with Gasteiger partial charge in [-0.05, 0) is 11.1 Å². The number of hydrogen-bond acceptors (Lipinski definition) is 4. The molecule has 0 aliphatic carbocycles. The van der Waals surface area contributed by atoms with Crippen molar-refractivity contribution in [2.75, 3.05) is 13.8 Å². The zero-order valence-corrected chi connectivity index (χ0v) is 10.7. The van der Waals surface area contributed by atoms with Crippen molar-refractivity contribution >= 4 is 0 Å². The minimum absolute atomic E-state index is 0.439. The predicted molar refractivity (Wildman–Crippen MR) is 71.2 cm³/mol. The normalized spacial score (nSPS) is 14.1. The van der Waals surface area contributed by atoms with Crippen molar-refractivity contribution in [3.63, 3.8) is 0 Å². The third-order valence-corrected chi connectivity index (χ3v) is 2.95.